The fraction of sp³-hybridized carbons (Fsp3) is 0. The molecule has 0 radical (unpaired) electrons. The molecular weight excluding hydrogens is 347 g/mol. The highest BCUT2D eigenvalue weighted by Crippen LogP contribution is 2.16. The van der Waals surface area contributed by atoms with Crippen molar-refractivity contribution in [2.24, 2.45) is 0 Å². The van der Waals surface area contributed by atoms with Crippen LogP contribution in [0, 0.1) is 0 Å². The Hall–Kier alpha value is -2.63. The minimum absolute atomic E-state index is 0.715. The molecule has 0 saturated carbocycles. The zero-order valence-corrected chi connectivity index (χ0v) is 13.9. The summed E-state index contributed by atoms with van der Waals surface area (Å²) in [7, 11) is 0. The first-order valence-corrected chi connectivity index (χ1v) is 7.47. The number of hydrogen-bond acceptors (Lipinski definition) is 5. The second-order valence-corrected chi connectivity index (χ2v) is 5.32. The van der Waals surface area contributed by atoms with Crippen molar-refractivity contribution in [2.45, 2.75) is 0 Å². The molecule has 0 unspecified atom stereocenters. The van der Waals surface area contributed by atoms with Crippen molar-refractivity contribution in [3.8, 4) is 0 Å². The quantitative estimate of drug-likeness (QED) is 0.466. The van der Waals surface area contributed by atoms with E-state index in [2.05, 4.69) is 19.9 Å². The van der Waals surface area contributed by atoms with Crippen LogP contribution in [0.15, 0.2) is 61.4 Å². The van der Waals surface area contributed by atoms with Crippen molar-refractivity contribution in [2.75, 3.05) is 0 Å². The molecule has 0 amide bonds. The molecule has 4 aromatic rings. The van der Waals surface area contributed by atoms with Crippen LogP contribution in [0.4, 0.5) is 0 Å². The van der Waals surface area contributed by atoms with Crippen LogP contribution >= 0.6 is 23.2 Å². The van der Waals surface area contributed by atoms with Gasteiger partial charge in [-0.1, -0.05) is 23.2 Å². The molecule has 0 aliphatic heterocycles. The fourth-order valence-electron chi connectivity index (χ4n) is 1.91. The van der Waals surface area contributed by atoms with Gasteiger partial charge >= 0.3 is 0 Å². The molecule has 0 N–H and O–H groups in total. The normalized spacial score (nSPS) is 9.58. The zero-order valence-electron chi connectivity index (χ0n) is 12.4. The molecule has 0 atom stereocenters. The largest absolute Gasteiger partial charge is 0.307 e. The van der Waals surface area contributed by atoms with E-state index in [9.17, 15) is 0 Å². The van der Waals surface area contributed by atoms with Crippen LogP contribution < -0.4 is 0 Å². The highest BCUT2D eigenvalue weighted by molar-refractivity contribution is 6.31. The van der Waals surface area contributed by atoms with Gasteiger partial charge in [0.15, 0.2) is 0 Å². The third-order valence-corrected chi connectivity index (χ3v) is 3.40. The number of hydrogen-bond donors (Lipinski definition) is 0. The Labute approximate surface area is 148 Å². The van der Waals surface area contributed by atoms with Crippen molar-refractivity contribution in [3.63, 3.8) is 0 Å². The Kier molecular flexibility index (Phi) is 6.54. The molecule has 2 aromatic carbocycles. The van der Waals surface area contributed by atoms with Crippen molar-refractivity contribution in [3.05, 3.63) is 71.5 Å². The molecule has 120 valence electrons. The topological polar surface area (TPSA) is 68.6 Å². The Balaban J connectivity index is 0.000000158. The number of benzene rings is 2. The molecule has 0 bridgehead atoms. The van der Waals surface area contributed by atoms with Gasteiger partial charge in [0, 0.05) is 33.2 Å². The van der Waals surface area contributed by atoms with Gasteiger partial charge in [-0.05, 0) is 36.4 Å². The van der Waals surface area contributed by atoms with Gasteiger partial charge in [0.25, 0.3) is 0 Å². The lowest BCUT2D eigenvalue weighted by molar-refractivity contribution is -0.0979. The van der Waals surface area contributed by atoms with Gasteiger partial charge in [-0.2, -0.15) is 0 Å². The predicted molar refractivity (Wildman–Crippen MR) is 96.2 cm³/mol. The van der Waals surface area contributed by atoms with Gasteiger partial charge in [-0.25, -0.2) is 19.9 Å². The van der Waals surface area contributed by atoms with Gasteiger partial charge in [0.05, 0.1) is 11.0 Å². The number of carbonyl (C=O) groups is 1. The van der Waals surface area contributed by atoms with Crippen LogP contribution in [0.2, 0.25) is 10.0 Å². The zero-order chi connectivity index (χ0) is 17.4. The lowest BCUT2D eigenvalue weighted by Gasteiger charge is -1.94. The molecule has 5 nitrogen and oxygen atoms in total. The summed E-state index contributed by atoms with van der Waals surface area (Å²) in [6.07, 6.45) is 6.54. The summed E-state index contributed by atoms with van der Waals surface area (Å²) >= 11 is 11.5. The van der Waals surface area contributed by atoms with Crippen molar-refractivity contribution in [1.82, 2.24) is 19.9 Å². The van der Waals surface area contributed by atoms with Crippen LogP contribution in [-0.4, -0.2) is 26.7 Å². The summed E-state index contributed by atoms with van der Waals surface area (Å²) in [6, 6.07) is 11.1. The molecule has 2 heterocycles. The van der Waals surface area contributed by atoms with Crippen LogP contribution in [-0.2, 0) is 4.79 Å². The lowest BCUT2D eigenvalue weighted by atomic mass is 10.2. The van der Waals surface area contributed by atoms with E-state index < -0.39 is 0 Å². The molecular formula is C17H12Cl2N4O. The monoisotopic (exact) mass is 358 g/mol. The van der Waals surface area contributed by atoms with Crippen molar-refractivity contribution < 1.29 is 4.79 Å². The summed E-state index contributed by atoms with van der Waals surface area (Å²) in [5, 5.41) is 3.37. The third-order valence-electron chi connectivity index (χ3n) is 2.93. The minimum atomic E-state index is 0.715. The van der Waals surface area contributed by atoms with Crippen molar-refractivity contribution in [1.29, 1.82) is 0 Å². The fourth-order valence-corrected chi connectivity index (χ4v) is 2.27. The molecule has 0 aliphatic rings. The average Bonchev–Trinajstić information content (AvgIpc) is 2.64. The summed E-state index contributed by atoms with van der Waals surface area (Å²) in [4.78, 5) is 23.9. The number of carbonyl (C=O) groups excluding carboxylic acids is 1. The maximum absolute atomic E-state index is 8.00. The standard InChI is InChI=1S/2C8H5ClN2.CH2O/c2*9-7-1-2-8-6(3-7)4-10-5-11-8;1-2/h2*1-5H;1H2. The van der Waals surface area contributed by atoms with E-state index in [4.69, 9.17) is 28.0 Å². The Bertz CT molecular complexity index is 872. The Morgan fingerprint density at radius 1 is 0.708 bits per heavy atom. The van der Waals surface area contributed by atoms with Gasteiger partial charge in [0.1, 0.15) is 19.4 Å². The highest BCUT2D eigenvalue weighted by Gasteiger charge is 1.93. The van der Waals surface area contributed by atoms with E-state index in [0.29, 0.717) is 10.0 Å². The number of aromatic nitrogens is 4. The van der Waals surface area contributed by atoms with Crippen LogP contribution in [0.3, 0.4) is 0 Å². The molecule has 0 spiro atoms. The number of rotatable bonds is 0. The van der Waals surface area contributed by atoms with Crippen LogP contribution in [0.1, 0.15) is 0 Å². The summed E-state index contributed by atoms with van der Waals surface area (Å²) in [5.74, 6) is 0. The van der Waals surface area contributed by atoms with Crippen LogP contribution in [0.25, 0.3) is 21.8 Å². The molecule has 7 heteroatoms. The van der Waals surface area contributed by atoms with Crippen LogP contribution in [0.5, 0.6) is 0 Å². The molecule has 0 saturated heterocycles. The smallest absolute Gasteiger partial charge is 0.116 e. The van der Waals surface area contributed by atoms with E-state index >= 15 is 0 Å². The molecule has 0 fully saturated rings. The molecule has 4 rings (SSSR count). The minimum Gasteiger partial charge on any atom is -0.307 e. The second kappa shape index (κ2) is 8.86. The van der Waals surface area contributed by atoms with Gasteiger partial charge in [-0.3, -0.25) is 0 Å². The van der Waals surface area contributed by atoms with E-state index in [1.165, 1.54) is 12.7 Å². The van der Waals surface area contributed by atoms with E-state index in [-0.39, 0.29) is 0 Å². The number of halogens is 2. The van der Waals surface area contributed by atoms with E-state index in [0.717, 1.165) is 21.8 Å². The first-order valence-electron chi connectivity index (χ1n) is 6.72. The number of fused-ring (bicyclic) bond motifs is 2. The third kappa shape index (κ3) is 4.68. The Morgan fingerprint density at radius 3 is 1.54 bits per heavy atom. The van der Waals surface area contributed by atoms with Gasteiger partial charge < -0.3 is 4.79 Å². The maximum Gasteiger partial charge on any atom is 0.116 e. The molecule has 24 heavy (non-hydrogen) atoms. The average molecular weight is 359 g/mol. The maximum atomic E-state index is 8.00. The first kappa shape index (κ1) is 17.7. The SMILES string of the molecule is C=O.Clc1ccc2ncncc2c1.Clc1ccc2ncncc2c1. The summed E-state index contributed by atoms with van der Waals surface area (Å²) < 4.78 is 0. The van der Waals surface area contributed by atoms with E-state index in [1.807, 2.05) is 43.2 Å². The Morgan fingerprint density at radius 2 is 1.12 bits per heavy atom. The van der Waals surface area contributed by atoms with Gasteiger partial charge in [-0.15, -0.1) is 0 Å². The van der Waals surface area contributed by atoms with E-state index in [1.54, 1.807) is 12.4 Å². The highest BCUT2D eigenvalue weighted by atomic mass is 35.5. The predicted octanol–water partition coefficient (Wildman–Crippen LogP) is 4.38. The first-order chi connectivity index (χ1) is 11.7. The summed E-state index contributed by atoms with van der Waals surface area (Å²) in [6.45, 7) is 2.00. The second-order valence-electron chi connectivity index (χ2n) is 4.45. The van der Waals surface area contributed by atoms with Gasteiger partial charge in [0.2, 0.25) is 0 Å². The number of nitrogens with zero attached hydrogens (tertiary/aromatic N) is 4. The molecule has 2 aromatic heterocycles. The molecule has 0 aliphatic carbocycles. The lowest BCUT2D eigenvalue weighted by Crippen LogP contribution is -1.79. The summed E-state index contributed by atoms with van der Waals surface area (Å²) in [5.41, 5.74) is 1.84. The van der Waals surface area contributed by atoms with Crippen molar-refractivity contribution >= 4 is 51.8 Å².